The zero-order valence-electron chi connectivity index (χ0n) is 9.27. The highest BCUT2D eigenvalue weighted by atomic mass is 16.3. The largest absolute Gasteiger partial charge is 0.399 e. The Bertz CT molecular complexity index is 489. The van der Waals surface area contributed by atoms with Crippen LogP contribution in [0.3, 0.4) is 0 Å². The maximum absolute atomic E-state index is 9.12. The van der Waals surface area contributed by atoms with Gasteiger partial charge in [-0.05, 0) is 47.4 Å². The number of hydrogen-bond donors (Lipinski definition) is 2. The molecular formula is C14H15NO. The Morgan fingerprint density at radius 3 is 2.38 bits per heavy atom. The van der Waals surface area contributed by atoms with Gasteiger partial charge in [0.05, 0.1) is 6.61 Å². The van der Waals surface area contributed by atoms with Crippen LogP contribution in [0.25, 0.3) is 11.1 Å². The van der Waals surface area contributed by atoms with Crippen molar-refractivity contribution < 1.29 is 5.11 Å². The fraction of sp³-hybridized carbons (Fsp3) is 0.143. The molecule has 0 aliphatic heterocycles. The second-order valence-corrected chi connectivity index (χ2v) is 3.93. The molecule has 0 fully saturated rings. The summed E-state index contributed by atoms with van der Waals surface area (Å²) in [5.74, 6) is 0. The van der Waals surface area contributed by atoms with Crippen molar-refractivity contribution in [2.24, 2.45) is 0 Å². The summed E-state index contributed by atoms with van der Waals surface area (Å²) >= 11 is 0. The number of nitrogens with two attached hydrogens (primary N) is 1. The Labute approximate surface area is 95.4 Å². The monoisotopic (exact) mass is 213 g/mol. The minimum Gasteiger partial charge on any atom is -0.399 e. The Balaban J connectivity index is 2.50. The highest BCUT2D eigenvalue weighted by molar-refractivity contribution is 5.69. The van der Waals surface area contributed by atoms with Crippen LogP contribution in [-0.2, 0) is 6.61 Å². The maximum Gasteiger partial charge on any atom is 0.0682 e. The third kappa shape index (κ3) is 2.07. The fourth-order valence-corrected chi connectivity index (χ4v) is 1.74. The van der Waals surface area contributed by atoms with E-state index in [-0.39, 0.29) is 6.61 Å². The van der Waals surface area contributed by atoms with Crippen LogP contribution in [-0.4, -0.2) is 5.11 Å². The number of anilines is 1. The molecule has 0 unspecified atom stereocenters. The van der Waals surface area contributed by atoms with Crippen LogP contribution in [0, 0.1) is 6.92 Å². The van der Waals surface area contributed by atoms with Gasteiger partial charge in [-0.15, -0.1) is 0 Å². The lowest BCUT2D eigenvalue weighted by molar-refractivity contribution is 0.282. The highest BCUT2D eigenvalue weighted by Crippen LogP contribution is 2.25. The van der Waals surface area contributed by atoms with E-state index in [2.05, 4.69) is 6.92 Å². The summed E-state index contributed by atoms with van der Waals surface area (Å²) in [5, 5.41) is 9.12. The van der Waals surface area contributed by atoms with Gasteiger partial charge in [-0.25, -0.2) is 0 Å². The maximum atomic E-state index is 9.12. The van der Waals surface area contributed by atoms with Gasteiger partial charge in [-0.3, -0.25) is 0 Å². The lowest BCUT2D eigenvalue weighted by Crippen LogP contribution is -1.89. The van der Waals surface area contributed by atoms with Crippen LogP contribution in [0.1, 0.15) is 11.1 Å². The van der Waals surface area contributed by atoms with E-state index in [9.17, 15) is 0 Å². The molecule has 0 aliphatic carbocycles. The van der Waals surface area contributed by atoms with Gasteiger partial charge in [0, 0.05) is 5.69 Å². The molecule has 0 bridgehead atoms. The van der Waals surface area contributed by atoms with E-state index < -0.39 is 0 Å². The molecule has 0 heterocycles. The van der Waals surface area contributed by atoms with Crippen molar-refractivity contribution in [3.63, 3.8) is 0 Å². The summed E-state index contributed by atoms with van der Waals surface area (Å²) in [7, 11) is 0. The third-order valence-electron chi connectivity index (χ3n) is 2.71. The van der Waals surface area contributed by atoms with E-state index in [4.69, 9.17) is 10.8 Å². The molecule has 0 amide bonds. The third-order valence-corrected chi connectivity index (χ3v) is 2.71. The molecule has 0 saturated heterocycles. The summed E-state index contributed by atoms with van der Waals surface area (Å²) in [6, 6.07) is 13.8. The Morgan fingerprint density at radius 1 is 1.06 bits per heavy atom. The van der Waals surface area contributed by atoms with E-state index in [1.807, 2.05) is 42.5 Å². The van der Waals surface area contributed by atoms with Gasteiger partial charge in [0.15, 0.2) is 0 Å². The number of aryl methyl sites for hydroxylation is 1. The summed E-state index contributed by atoms with van der Waals surface area (Å²) in [5.41, 5.74) is 10.8. The van der Waals surface area contributed by atoms with Gasteiger partial charge in [-0.1, -0.05) is 24.3 Å². The van der Waals surface area contributed by atoms with Crippen LogP contribution in [0.2, 0.25) is 0 Å². The van der Waals surface area contributed by atoms with Gasteiger partial charge in [-0.2, -0.15) is 0 Å². The quantitative estimate of drug-likeness (QED) is 0.753. The highest BCUT2D eigenvalue weighted by Gasteiger charge is 2.02. The first-order valence-corrected chi connectivity index (χ1v) is 5.27. The molecule has 0 aromatic heterocycles. The van der Waals surface area contributed by atoms with Crippen LogP contribution in [0.5, 0.6) is 0 Å². The Morgan fingerprint density at radius 2 is 1.75 bits per heavy atom. The minimum atomic E-state index is 0.0717. The molecule has 82 valence electrons. The van der Waals surface area contributed by atoms with Crippen molar-refractivity contribution in [1.29, 1.82) is 0 Å². The first kappa shape index (κ1) is 10.7. The molecule has 3 N–H and O–H groups in total. The summed E-state index contributed by atoms with van der Waals surface area (Å²) in [6.45, 7) is 2.13. The molecule has 0 aliphatic rings. The Hall–Kier alpha value is -1.80. The van der Waals surface area contributed by atoms with Gasteiger partial charge in [0.1, 0.15) is 0 Å². The van der Waals surface area contributed by atoms with Crippen molar-refractivity contribution in [3.05, 3.63) is 53.6 Å². The second-order valence-electron chi connectivity index (χ2n) is 3.93. The average molecular weight is 213 g/mol. The summed E-state index contributed by atoms with van der Waals surface area (Å²) < 4.78 is 0. The van der Waals surface area contributed by atoms with Crippen molar-refractivity contribution in [2.45, 2.75) is 13.5 Å². The SMILES string of the molecule is Cc1ccc(CO)cc1-c1ccc(N)cc1. The molecule has 2 heteroatoms. The van der Waals surface area contributed by atoms with Gasteiger partial charge < -0.3 is 10.8 Å². The number of hydrogen-bond acceptors (Lipinski definition) is 2. The molecule has 0 atom stereocenters. The predicted octanol–water partition coefficient (Wildman–Crippen LogP) is 2.74. The van der Waals surface area contributed by atoms with E-state index in [0.717, 1.165) is 22.4 Å². The first-order valence-electron chi connectivity index (χ1n) is 5.27. The number of rotatable bonds is 2. The molecule has 2 rings (SSSR count). The first-order chi connectivity index (χ1) is 7.70. The van der Waals surface area contributed by atoms with E-state index in [0.29, 0.717) is 0 Å². The Kier molecular flexibility index (Phi) is 2.93. The summed E-state index contributed by atoms with van der Waals surface area (Å²) in [6.07, 6.45) is 0. The van der Waals surface area contributed by atoms with E-state index in [1.54, 1.807) is 0 Å². The second kappa shape index (κ2) is 4.37. The van der Waals surface area contributed by atoms with Crippen LogP contribution >= 0.6 is 0 Å². The topological polar surface area (TPSA) is 46.2 Å². The molecule has 0 saturated carbocycles. The van der Waals surface area contributed by atoms with Gasteiger partial charge in [0.25, 0.3) is 0 Å². The zero-order chi connectivity index (χ0) is 11.5. The van der Waals surface area contributed by atoms with Gasteiger partial charge >= 0.3 is 0 Å². The zero-order valence-corrected chi connectivity index (χ0v) is 9.27. The van der Waals surface area contributed by atoms with E-state index >= 15 is 0 Å². The number of benzene rings is 2. The number of nitrogen functional groups attached to an aromatic ring is 1. The fourth-order valence-electron chi connectivity index (χ4n) is 1.74. The summed E-state index contributed by atoms with van der Waals surface area (Å²) in [4.78, 5) is 0. The smallest absolute Gasteiger partial charge is 0.0682 e. The van der Waals surface area contributed by atoms with Crippen molar-refractivity contribution in [1.82, 2.24) is 0 Å². The van der Waals surface area contributed by atoms with Crippen LogP contribution < -0.4 is 5.73 Å². The lowest BCUT2D eigenvalue weighted by atomic mass is 9.98. The lowest BCUT2D eigenvalue weighted by Gasteiger charge is -2.08. The van der Waals surface area contributed by atoms with Gasteiger partial charge in [0.2, 0.25) is 0 Å². The average Bonchev–Trinajstić information content (AvgIpc) is 2.31. The van der Waals surface area contributed by atoms with Crippen LogP contribution in [0.15, 0.2) is 42.5 Å². The van der Waals surface area contributed by atoms with Crippen molar-refractivity contribution in [3.8, 4) is 11.1 Å². The molecule has 2 nitrogen and oxygen atoms in total. The number of aliphatic hydroxyl groups excluding tert-OH is 1. The van der Waals surface area contributed by atoms with Crippen molar-refractivity contribution in [2.75, 3.05) is 5.73 Å². The standard InChI is InChI=1S/C14H15NO/c1-10-2-3-11(9-16)8-14(10)12-4-6-13(15)7-5-12/h2-8,16H,9,15H2,1H3. The molecule has 16 heavy (non-hydrogen) atoms. The molecular weight excluding hydrogens is 198 g/mol. The molecule has 0 radical (unpaired) electrons. The predicted molar refractivity (Wildman–Crippen MR) is 67.0 cm³/mol. The molecule has 2 aromatic carbocycles. The minimum absolute atomic E-state index is 0.0717. The van der Waals surface area contributed by atoms with Crippen molar-refractivity contribution >= 4 is 5.69 Å². The van der Waals surface area contributed by atoms with E-state index in [1.165, 1.54) is 5.56 Å². The molecule has 2 aromatic rings. The van der Waals surface area contributed by atoms with Crippen LogP contribution in [0.4, 0.5) is 5.69 Å². The number of aliphatic hydroxyl groups is 1. The normalized spacial score (nSPS) is 10.4. The molecule has 0 spiro atoms.